The molecule has 0 radical (unpaired) electrons. The van der Waals surface area contributed by atoms with E-state index in [9.17, 15) is 5.11 Å². The van der Waals surface area contributed by atoms with Gasteiger partial charge in [-0.05, 0) is 30.5 Å². The van der Waals surface area contributed by atoms with E-state index in [2.05, 4.69) is 15.1 Å². The number of benzene rings is 2. The van der Waals surface area contributed by atoms with Gasteiger partial charge >= 0.3 is 0 Å². The van der Waals surface area contributed by atoms with E-state index in [1.165, 1.54) is 0 Å². The molecule has 1 aromatic heterocycles. The van der Waals surface area contributed by atoms with Gasteiger partial charge in [0, 0.05) is 23.9 Å². The number of fused-ring (bicyclic) bond motifs is 1. The summed E-state index contributed by atoms with van der Waals surface area (Å²) in [7, 11) is 3.24. The summed E-state index contributed by atoms with van der Waals surface area (Å²) in [5.41, 5.74) is 0.177. The molecule has 6 nitrogen and oxygen atoms in total. The minimum absolute atomic E-state index is 0.641. The van der Waals surface area contributed by atoms with Gasteiger partial charge in [-0.3, -0.25) is 0 Å². The summed E-state index contributed by atoms with van der Waals surface area (Å²) in [6.07, 6.45) is 3.01. The zero-order valence-electron chi connectivity index (χ0n) is 15.6. The van der Waals surface area contributed by atoms with Crippen LogP contribution in [0.5, 0.6) is 11.5 Å². The first kappa shape index (κ1) is 17.5. The predicted molar refractivity (Wildman–Crippen MR) is 104 cm³/mol. The molecule has 1 fully saturated rings. The number of ether oxygens (including phenoxy) is 2. The van der Waals surface area contributed by atoms with Crippen LogP contribution in [0.3, 0.4) is 0 Å². The van der Waals surface area contributed by atoms with Gasteiger partial charge in [-0.15, -0.1) is 5.10 Å². The van der Waals surface area contributed by atoms with Crippen LogP contribution in [0, 0.1) is 0 Å². The highest BCUT2D eigenvalue weighted by Gasteiger charge is 2.34. The summed E-state index contributed by atoms with van der Waals surface area (Å²) in [5.74, 6) is 2.14. The van der Waals surface area contributed by atoms with Gasteiger partial charge in [0.25, 0.3) is 0 Å². The molecule has 0 saturated carbocycles. The van der Waals surface area contributed by atoms with Gasteiger partial charge in [0.15, 0.2) is 17.3 Å². The summed E-state index contributed by atoms with van der Waals surface area (Å²) >= 11 is 0. The fourth-order valence-corrected chi connectivity index (χ4v) is 3.75. The van der Waals surface area contributed by atoms with Crippen molar-refractivity contribution in [3.63, 3.8) is 0 Å². The third-order valence-corrected chi connectivity index (χ3v) is 5.35. The second kappa shape index (κ2) is 7.04. The van der Waals surface area contributed by atoms with Crippen LogP contribution in [0.4, 0.5) is 5.82 Å². The number of nitrogens with zero attached hydrogens (tertiary/aromatic N) is 3. The fourth-order valence-electron chi connectivity index (χ4n) is 3.75. The van der Waals surface area contributed by atoms with Crippen molar-refractivity contribution >= 4 is 16.6 Å². The summed E-state index contributed by atoms with van der Waals surface area (Å²) in [6, 6.07) is 13.7. The molecule has 6 heteroatoms. The number of aliphatic hydroxyl groups is 1. The number of hydrogen-bond donors (Lipinski definition) is 1. The first-order valence-corrected chi connectivity index (χ1v) is 9.05. The smallest absolute Gasteiger partial charge is 0.161 e. The van der Waals surface area contributed by atoms with Crippen LogP contribution < -0.4 is 14.4 Å². The fraction of sp³-hybridized carbons (Fsp3) is 0.333. The van der Waals surface area contributed by atoms with Crippen LogP contribution in [0.2, 0.25) is 0 Å². The molecule has 1 saturated heterocycles. The molecule has 2 heterocycles. The Kier molecular flexibility index (Phi) is 4.58. The topological polar surface area (TPSA) is 67.7 Å². The van der Waals surface area contributed by atoms with E-state index >= 15 is 0 Å². The van der Waals surface area contributed by atoms with Crippen molar-refractivity contribution in [2.24, 2.45) is 0 Å². The van der Waals surface area contributed by atoms with Gasteiger partial charge in [0.2, 0.25) is 0 Å². The number of piperidine rings is 1. The molecule has 0 bridgehead atoms. The minimum Gasteiger partial charge on any atom is -0.493 e. The number of anilines is 1. The lowest BCUT2D eigenvalue weighted by Gasteiger charge is -2.39. The standard InChI is InChI=1S/C21H23N3O3/c1-26-18-12-15-14-22-23-20(17(15)13-19(18)27-2)24-10-8-21(25,9-11-24)16-6-4-3-5-7-16/h3-7,12-14,25H,8-11H2,1-2H3. The average molecular weight is 365 g/mol. The average Bonchev–Trinajstić information content (AvgIpc) is 2.73. The zero-order valence-corrected chi connectivity index (χ0v) is 15.6. The van der Waals surface area contributed by atoms with Crippen molar-refractivity contribution < 1.29 is 14.6 Å². The van der Waals surface area contributed by atoms with Crippen LogP contribution in [0.15, 0.2) is 48.7 Å². The number of methoxy groups -OCH3 is 2. The molecule has 2 aromatic carbocycles. The maximum Gasteiger partial charge on any atom is 0.161 e. The van der Waals surface area contributed by atoms with Crippen LogP contribution in [0.1, 0.15) is 18.4 Å². The maximum absolute atomic E-state index is 11.1. The van der Waals surface area contributed by atoms with E-state index < -0.39 is 5.60 Å². The lowest BCUT2D eigenvalue weighted by molar-refractivity contribution is 0.0117. The Labute approximate surface area is 158 Å². The van der Waals surface area contributed by atoms with Gasteiger partial charge in [0.05, 0.1) is 26.0 Å². The molecule has 1 aliphatic heterocycles. The largest absolute Gasteiger partial charge is 0.493 e. The third-order valence-electron chi connectivity index (χ3n) is 5.35. The van der Waals surface area contributed by atoms with Crippen molar-refractivity contribution in [1.82, 2.24) is 10.2 Å². The molecule has 0 amide bonds. The summed E-state index contributed by atoms with van der Waals surface area (Å²) in [6.45, 7) is 1.40. The Hall–Kier alpha value is -2.86. The quantitative estimate of drug-likeness (QED) is 0.766. The maximum atomic E-state index is 11.1. The van der Waals surface area contributed by atoms with Crippen molar-refractivity contribution in [1.29, 1.82) is 0 Å². The Morgan fingerprint density at radius 1 is 1.00 bits per heavy atom. The van der Waals surface area contributed by atoms with E-state index in [1.807, 2.05) is 42.5 Å². The van der Waals surface area contributed by atoms with Gasteiger partial charge < -0.3 is 19.5 Å². The summed E-state index contributed by atoms with van der Waals surface area (Å²) in [5, 5.41) is 21.5. The second-order valence-corrected chi connectivity index (χ2v) is 6.85. The highest BCUT2D eigenvalue weighted by Crippen LogP contribution is 2.38. The molecule has 1 N–H and O–H groups in total. The molecule has 4 rings (SSSR count). The molecule has 0 unspecified atom stereocenters. The molecule has 0 aliphatic carbocycles. The van der Waals surface area contributed by atoms with Gasteiger partial charge in [-0.2, -0.15) is 5.10 Å². The highest BCUT2D eigenvalue weighted by molar-refractivity contribution is 5.94. The SMILES string of the molecule is COc1cc2cnnc(N3CCC(O)(c4ccccc4)CC3)c2cc1OC. The number of rotatable bonds is 4. The van der Waals surface area contributed by atoms with Gasteiger partial charge in [0.1, 0.15) is 0 Å². The van der Waals surface area contributed by atoms with E-state index in [0.717, 1.165) is 22.2 Å². The molecular weight excluding hydrogens is 342 g/mol. The van der Waals surface area contributed by atoms with E-state index in [0.29, 0.717) is 37.4 Å². The van der Waals surface area contributed by atoms with Crippen molar-refractivity contribution in [2.75, 3.05) is 32.2 Å². The van der Waals surface area contributed by atoms with E-state index in [1.54, 1.807) is 20.4 Å². The highest BCUT2D eigenvalue weighted by atomic mass is 16.5. The summed E-state index contributed by atoms with van der Waals surface area (Å²) < 4.78 is 10.8. The Morgan fingerprint density at radius 2 is 1.67 bits per heavy atom. The molecule has 0 spiro atoms. The minimum atomic E-state index is -0.795. The number of aromatic nitrogens is 2. The zero-order chi connectivity index (χ0) is 18.9. The van der Waals surface area contributed by atoms with Crippen molar-refractivity contribution in [2.45, 2.75) is 18.4 Å². The Balaban J connectivity index is 1.64. The lowest BCUT2D eigenvalue weighted by atomic mass is 9.84. The Morgan fingerprint density at radius 3 is 2.33 bits per heavy atom. The molecule has 1 aliphatic rings. The Bertz CT molecular complexity index is 938. The van der Waals surface area contributed by atoms with Crippen LogP contribution in [0.25, 0.3) is 10.8 Å². The number of hydrogen-bond acceptors (Lipinski definition) is 6. The van der Waals surface area contributed by atoms with Crippen molar-refractivity contribution in [3.05, 3.63) is 54.2 Å². The normalized spacial score (nSPS) is 16.3. The first-order chi connectivity index (χ1) is 13.1. The predicted octanol–water partition coefficient (Wildman–Crippen LogP) is 3.14. The third kappa shape index (κ3) is 3.17. The van der Waals surface area contributed by atoms with Crippen LogP contribution in [-0.4, -0.2) is 42.6 Å². The monoisotopic (exact) mass is 365 g/mol. The van der Waals surface area contributed by atoms with E-state index in [-0.39, 0.29) is 0 Å². The summed E-state index contributed by atoms with van der Waals surface area (Å²) in [4.78, 5) is 2.18. The van der Waals surface area contributed by atoms with Crippen LogP contribution >= 0.6 is 0 Å². The second-order valence-electron chi connectivity index (χ2n) is 6.85. The molecule has 3 aromatic rings. The molecule has 140 valence electrons. The first-order valence-electron chi connectivity index (χ1n) is 9.05. The molecular formula is C21H23N3O3. The molecule has 0 atom stereocenters. The van der Waals surface area contributed by atoms with E-state index in [4.69, 9.17) is 9.47 Å². The van der Waals surface area contributed by atoms with Gasteiger partial charge in [-0.25, -0.2) is 0 Å². The lowest BCUT2D eigenvalue weighted by Crippen LogP contribution is -2.43. The van der Waals surface area contributed by atoms with Gasteiger partial charge in [-0.1, -0.05) is 30.3 Å². The van der Waals surface area contributed by atoms with Crippen molar-refractivity contribution in [3.8, 4) is 11.5 Å². The van der Waals surface area contributed by atoms with Crippen LogP contribution in [-0.2, 0) is 5.60 Å². The molecule has 27 heavy (non-hydrogen) atoms.